The number of nitrogens with one attached hydrogen (secondary N) is 1. The van der Waals surface area contributed by atoms with Crippen LogP contribution in [0.3, 0.4) is 0 Å². The van der Waals surface area contributed by atoms with E-state index in [1.165, 1.54) is 0 Å². The Kier molecular flexibility index (Phi) is 4.81. The molecule has 0 aliphatic heterocycles. The summed E-state index contributed by atoms with van der Waals surface area (Å²) in [6, 6.07) is 5.39. The smallest absolute Gasteiger partial charge is 0.238 e. The average molecular weight is 278 g/mol. The van der Waals surface area contributed by atoms with E-state index in [2.05, 4.69) is 10.4 Å². The summed E-state index contributed by atoms with van der Waals surface area (Å²) in [5, 5.41) is 7.08. The van der Waals surface area contributed by atoms with Gasteiger partial charge >= 0.3 is 0 Å². The molecule has 2 aromatic heterocycles. The first-order valence-electron chi connectivity index (χ1n) is 6.24. The maximum Gasteiger partial charge on any atom is 0.238 e. The van der Waals surface area contributed by atoms with Crippen molar-refractivity contribution in [1.82, 2.24) is 14.9 Å². The zero-order valence-corrected chi connectivity index (χ0v) is 11.7. The molecule has 0 aliphatic carbocycles. The van der Waals surface area contributed by atoms with Crippen molar-refractivity contribution in [2.45, 2.75) is 19.5 Å². The summed E-state index contributed by atoms with van der Waals surface area (Å²) in [7, 11) is 0. The standard InChI is InChI=1S/C13H18N4OS/c1-2-19-9-11(14)13(18)15-7-10-8-16-17-6-4-3-5-12(10)17/h3-6,8,11H,2,7,9,14H2,1H3,(H,15,18)/t11-/m0/s1. The molecule has 0 aromatic carbocycles. The van der Waals surface area contributed by atoms with Gasteiger partial charge in [0.1, 0.15) is 0 Å². The lowest BCUT2D eigenvalue weighted by Crippen LogP contribution is -2.41. The highest BCUT2D eigenvalue weighted by molar-refractivity contribution is 7.99. The van der Waals surface area contributed by atoms with Crippen molar-refractivity contribution in [3.8, 4) is 0 Å². The van der Waals surface area contributed by atoms with Gasteiger partial charge in [-0.2, -0.15) is 16.9 Å². The molecular formula is C13H18N4OS. The van der Waals surface area contributed by atoms with Crippen LogP contribution >= 0.6 is 11.8 Å². The van der Waals surface area contributed by atoms with Crippen LogP contribution in [0.2, 0.25) is 0 Å². The van der Waals surface area contributed by atoms with E-state index in [0.717, 1.165) is 16.8 Å². The number of rotatable bonds is 6. The van der Waals surface area contributed by atoms with Gasteiger partial charge in [0.05, 0.1) is 17.8 Å². The minimum atomic E-state index is -0.452. The van der Waals surface area contributed by atoms with E-state index in [4.69, 9.17) is 5.73 Å². The summed E-state index contributed by atoms with van der Waals surface area (Å²) in [5.41, 5.74) is 7.79. The van der Waals surface area contributed by atoms with Crippen LogP contribution in [-0.2, 0) is 11.3 Å². The Hall–Kier alpha value is -1.53. The van der Waals surface area contributed by atoms with Gasteiger partial charge in [-0.1, -0.05) is 13.0 Å². The normalized spacial score (nSPS) is 12.5. The molecule has 102 valence electrons. The number of nitrogens with two attached hydrogens (primary N) is 1. The Morgan fingerprint density at radius 3 is 3.21 bits per heavy atom. The molecule has 1 amide bonds. The Balaban J connectivity index is 1.93. The maximum absolute atomic E-state index is 11.8. The van der Waals surface area contributed by atoms with E-state index < -0.39 is 6.04 Å². The van der Waals surface area contributed by atoms with Gasteiger partial charge in [-0.05, 0) is 17.9 Å². The van der Waals surface area contributed by atoms with Crippen LogP contribution in [-0.4, -0.2) is 33.1 Å². The van der Waals surface area contributed by atoms with Crippen LogP contribution in [0.25, 0.3) is 5.52 Å². The number of thioether (sulfide) groups is 1. The molecule has 0 bridgehead atoms. The summed E-state index contributed by atoms with van der Waals surface area (Å²) >= 11 is 1.67. The minimum Gasteiger partial charge on any atom is -0.351 e. The van der Waals surface area contributed by atoms with Crippen molar-refractivity contribution in [3.05, 3.63) is 36.2 Å². The summed E-state index contributed by atoms with van der Waals surface area (Å²) in [6.07, 6.45) is 3.65. The van der Waals surface area contributed by atoms with Crippen LogP contribution < -0.4 is 11.1 Å². The summed E-state index contributed by atoms with van der Waals surface area (Å²) in [5.74, 6) is 1.50. The van der Waals surface area contributed by atoms with Crippen molar-refractivity contribution >= 4 is 23.2 Å². The molecule has 0 aliphatic rings. The van der Waals surface area contributed by atoms with E-state index in [1.54, 1.807) is 22.5 Å². The fourth-order valence-corrected chi connectivity index (χ4v) is 2.40. The van der Waals surface area contributed by atoms with Crippen LogP contribution in [0.4, 0.5) is 0 Å². The number of fused-ring (bicyclic) bond motifs is 1. The topological polar surface area (TPSA) is 72.4 Å². The number of aromatic nitrogens is 2. The number of carbonyl (C=O) groups is 1. The second-order valence-corrected chi connectivity index (χ2v) is 5.50. The lowest BCUT2D eigenvalue weighted by molar-refractivity contribution is -0.122. The third-order valence-electron chi connectivity index (χ3n) is 2.80. The second-order valence-electron chi connectivity index (χ2n) is 4.18. The Labute approximate surface area is 116 Å². The van der Waals surface area contributed by atoms with E-state index in [9.17, 15) is 4.79 Å². The van der Waals surface area contributed by atoms with Gasteiger partial charge in [0.15, 0.2) is 0 Å². The molecule has 0 saturated heterocycles. The van der Waals surface area contributed by atoms with E-state index >= 15 is 0 Å². The summed E-state index contributed by atoms with van der Waals surface area (Å²) in [4.78, 5) is 11.8. The van der Waals surface area contributed by atoms with Crippen molar-refractivity contribution in [2.24, 2.45) is 5.73 Å². The third kappa shape index (κ3) is 3.48. The monoisotopic (exact) mass is 278 g/mol. The Morgan fingerprint density at radius 1 is 1.58 bits per heavy atom. The molecule has 0 unspecified atom stereocenters. The first-order chi connectivity index (χ1) is 9.22. The SMILES string of the molecule is CCSC[C@H](N)C(=O)NCc1cnn2ccccc12. The maximum atomic E-state index is 11.8. The highest BCUT2D eigenvalue weighted by Crippen LogP contribution is 2.09. The van der Waals surface area contributed by atoms with Crippen molar-refractivity contribution in [3.63, 3.8) is 0 Å². The van der Waals surface area contributed by atoms with Gasteiger partial charge in [-0.3, -0.25) is 4.79 Å². The second kappa shape index (κ2) is 6.58. The molecule has 3 N–H and O–H groups in total. The predicted molar refractivity (Wildman–Crippen MR) is 78.0 cm³/mol. The molecular weight excluding hydrogens is 260 g/mol. The van der Waals surface area contributed by atoms with Crippen molar-refractivity contribution in [1.29, 1.82) is 0 Å². The molecule has 2 heterocycles. The highest BCUT2D eigenvalue weighted by atomic mass is 32.2. The van der Waals surface area contributed by atoms with Crippen LogP contribution in [0.5, 0.6) is 0 Å². The van der Waals surface area contributed by atoms with Gasteiger partial charge in [-0.25, -0.2) is 4.52 Å². The fourth-order valence-electron chi connectivity index (χ4n) is 1.76. The lowest BCUT2D eigenvalue weighted by Gasteiger charge is -2.10. The highest BCUT2D eigenvalue weighted by Gasteiger charge is 2.13. The first kappa shape index (κ1) is 13.9. The van der Waals surface area contributed by atoms with Gasteiger partial charge in [0, 0.05) is 24.1 Å². The van der Waals surface area contributed by atoms with E-state index in [1.807, 2.05) is 31.3 Å². The van der Waals surface area contributed by atoms with Gasteiger partial charge in [-0.15, -0.1) is 0 Å². The molecule has 0 fully saturated rings. The molecule has 0 saturated carbocycles. The molecule has 2 rings (SSSR count). The van der Waals surface area contributed by atoms with Crippen molar-refractivity contribution in [2.75, 3.05) is 11.5 Å². The van der Waals surface area contributed by atoms with Gasteiger partial charge in [0.2, 0.25) is 5.91 Å². The Bertz CT molecular complexity index is 554. The quantitative estimate of drug-likeness (QED) is 0.828. The molecule has 1 atom stereocenters. The van der Waals surface area contributed by atoms with Gasteiger partial charge < -0.3 is 11.1 Å². The number of pyridine rings is 1. The third-order valence-corrected chi connectivity index (χ3v) is 3.80. The predicted octanol–water partition coefficient (Wildman–Crippen LogP) is 1.03. The molecule has 6 heteroatoms. The van der Waals surface area contributed by atoms with Crippen LogP contribution in [0.1, 0.15) is 12.5 Å². The van der Waals surface area contributed by atoms with Crippen LogP contribution in [0.15, 0.2) is 30.6 Å². The van der Waals surface area contributed by atoms with Gasteiger partial charge in [0.25, 0.3) is 0 Å². The number of nitrogens with zero attached hydrogens (tertiary/aromatic N) is 2. The number of hydrogen-bond acceptors (Lipinski definition) is 4. The van der Waals surface area contributed by atoms with E-state index in [-0.39, 0.29) is 5.91 Å². The molecule has 0 radical (unpaired) electrons. The molecule has 0 spiro atoms. The zero-order chi connectivity index (χ0) is 13.7. The molecule has 5 nitrogen and oxygen atoms in total. The molecule has 19 heavy (non-hydrogen) atoms. The summed E-state index contributed by atoms with van der Waals surface area (Å²) in [6.45, 7) is 2.51. The van der Waals surface area contributed by atoms with E-state index in [0.29, 0.717) is 12.3 Å². The zero-order valence-electron chi connectivity index (χ0n) is 10.9. The fraction of sp³-hybridized carbons (Fsp3) is 0.385. The van der Waals surface area contributed by atoms with Crippen LogP contribution in [0, 0.1) is 0 Å². The first-order valence-corrected chi connectivity index (χ1v) is 7.40. The largest absolute Gasteiger partial charge is 0.351 e. The number of hydrogen-bond donors (Lipinski definition) is 2. The minimum absolute atomic E-state index is 0.115. The lowest BCUT2D eigenvalue weighted by atomic mass is 10.2. The number of carbonyl (C=O) groups excluding carboxylic acids is 1. The average Bonchev–Trinajstić information content (AvgIpc) is 2.85. The van der Waals surface area contributed by atoms with Crippen molar-refractivity contribution < 1.29 is 4.79 Å². The molecule has 2 aromatic rings. The summed E-state index contributed by atoms with van der Waals surface area (Å²) < 4.78 is 1.79. The Morgan fingerprint density at radius 2 is 2.42 bits per heavy atom. The number of amides is 1.